The van der Waals surface area contributed by atoms with Crippen LogP contribution in [0.3, 0.4) is 0 Å². The lowest BCUT2D eigenvalue weighted by Gasteiger charge is -2.14. The van der Waals surface area contributed by atoms with E-state index in [0.29, 0.717) is 10.0 Å². The maximum absolute atomic E-state index is 12.1. The number of hydrogen-bond donors (Lipinski definition) is 0. The molecule has 0 fully saturated rings. The largest absolute Gasteiger partial charge is 0.483 e. The Morgan fingerprint density at radius 1 is 1.39 bits per heavy atom. The Morgan fingerprint density at radius 2 is 2.00 bits per heavy atom. The summed E-state index contributed by atoms with van der Waals surface area (Å²) in [7, 11) is 1.15. The molecule has 1 aromatic carbocycles. The molecule has 1 rings (SSSR count). The Labute approximate surface area is 110 Å². The number of carbonyl (C=O) groups excluding carboxylic acids is 1. The van der Waals surface area contributed by atoms with E-state index in [4.69, 9.17) is 0 Å². The highest BCUT2D eigenvalue weighted by atomic mass is 79.9. The predicted molar refractivity (Wildman–Crippen MR) is 61.8 cm³/mol. The van der Waals surface area contributed by atoms with Crippen molar-refractivity contribution in [3.05, 3.63) is 27.7 Å². The highest BCUT2D eigenvalue weighted by molar-refractivity contribution is 9.10. The van der Waals surface area contributed by atoms with Gasteiger partial charge in [0.05, 0.1) is 7.11 Å². The molecular weight excluding hydrogens is 317 g/mol. The Hall–Kier alpha value is -1.24. The number of aryl methyl sites for hydroxylation is 1. The highest BCUT2D eigenvalue weighted by Gasteiger charge is 2.29. The molecular formula is C11H10BrF3O3. The third-order valence-corrected chi connectivity index (χ3v) is 2.50. The number of rotatable bonds is 3. The van der Waals surface area contributed by atoms with Crippen molar-refractivity contribution in [3.63, 3.8) is 0 Å². The van der Waals surface area contributed by atoms with Crippen LogP contribution in [0.1, 0.15) is 15.9 Å². The fourth-order valence-electron chi connectivity index (χ4n) is 1.35. The molecule has 0 N–H and O–H groups in total. The number of methoxy groups -OCH3 is 1. The van der Waals surface area contributed by atoms with Gasteiger partial charge in [-0.3, -0.25) is 0 Å². The third kappa shape index (κ3) is 3.90. The summed E-state index contributed by atoms with van der Waals surface area (Å²) in [4.78, 5) is 11.5. The van der Waals surface area contributed by atoms with E-state index >= 15 is 0 Å². The normalized spacial score (nSPS) is 11.2. The number of halogens is 4. The average molecular weight is 327 g/mol. The molecule has 0 amide bonds. The van der Waals surface area contributed by atoms with Gasteiger partial charge in [0.2, 0.25) is 0 Å². The molecule has 1 aromatic rings. The first-order valence-corrected chi connectivity index (χ1v) is 5.62. The van der Waals surface area contributed by atoms with Crippen molar-refractivity contribution >= 4 is 21.9 Å². The molecule has 0 saturated carbocycles. The van der Waals surface area contributed by atoms with Crippen LogP contribution in [-0.2, 0) is 4.74 Å². The molecule has 18 heavy (non-hydrogen) atoms. The highest BCUT2D eigenvalue weighted by Crippen LogP contribution is 2.29. The quantitative estimate of drug-likeness (QED) is 0.798. The van der Waals surface area contributed by atoms with Crippen molar-refractivity contribution in [3.8, 4) is 5.75 Å². The van der Waals surface area contributed by atoms with Crippen LogP contribution in [0, 0.1) is 6.92 Å². The van der Waals surface area contributed by atoms with Crippen LogP contribution >= 0.6 is 15.9 Å². The van der Waals surface area contributed by atoms with E-state index in [-0.39, 0.29) is 11.3 Å². The van der Waals surface area contributed by atoms with Crippen LogP contribution in [0.25, 0.3) is 0 Å². The molecule has 0 unspecified atom stereocenters. The predicted octanol–water partition coefficient (Wildman–Crippen LogP) is 3.49. The van der Waals surface area contributed by atoms with Gasteiger partial charge in [-0.2, -0.15) is 13.2 Å². The number of hydrogen-bond acceptors (Lipinski definition) is 3. The maximum Gasteiger partial charge on any atom is 0.422 e. The van der Waals surface area contributed by atoms with Crippen molar-refractivity contribution < 1.29 is 27.4 Å². The maximum atomic E-state index is 12.1. The Morgan fingerprint density at radius 3 is 2.50 bits per heavy atom. The summed E-state index contributed by atoms with van der Waals surface area (Å²) in [6.07, 6.45) is -4.47. The van der Waals surface area contributed by atoms with E-state index in [1.165, 1.54) is 6.07 Å². The van der Waals surface area contributed by atoms with E-state index in [1.807, 2.05) is 0 Å². The second-order valence-electron chi connectivity index (χ2n) is 3.49. The lowest BCUT2D eigenvalue weighted by Crippen LogP contribution is -2.20. The molecule has 0 aliphatic rings. The van der Waals surface area contributed by atoms with Gasteiger partial charge in [-0.15, -0.1) is 0 Å². The van der Waals surface area contributed by atoms with Crippen LogP contribution in [0.2, 0.25) is 0 Å². The molecule has 0 atom stereocenters. The molecule has 0 aromatic heterocycles. The van der Waals surface area contributed by atoms with Gasteiger partial charge in [0.1, 0.15) is 11.3 Å². The first kappa shape index (κ1) is 14.8. The van der Waals surface area contributed by atoms with Crippen molar-refractivity contribution in [2.75, 3.05) is 13.7 Å². The minimum Gasteiger partial charge on any atom is -0.483 e. The van der Waals surface area contributed by atoms with Gasteiger partial charge in [-0.05, 0) is 24.6 Å². The fraction of sp³-hybridized carbons (Fsp3) is 0.364. The molecule has 100 valence electrons. The molecule has 0 radical (unpaired) electrons. The minimum absolute atomic E-state index is 0.00931. The van der Waals surface area contributed by atoms with Gasteiger partial charge in [-0.25, -0.2) is 4.79 Å². The smallest absolute Gasteiger partial charge is 0.422 e. The second-order valence-corrected chi connectivity index (χ2v) is 4.41. The lowest BCUT2D eigenvalue weighted by atomic mass is 10.1. The Kier molecular flexibility index (Phi) is 4.61. The minimum atomic E-state index is -4.47. The molecule has 0 aliphatic carbocycles. The van der Waals surface area contributed by atoms with Gasteiger partial charge in [-0.1, -0.05) is 15.9 Å². The van der Waals surface area contributed by atoms with E-state index in [1.54, 1.807) is 13.0 Å². The van der Waals surface area contributed by atoms with Crippen molar-refractivity contribution in [1.82, 2.24) is 0 Å². The number of carbonyl (C=O) groups is 1. The van der Waals surface area contributed by atoms with Crippen LogP contribution in [0.15, 0.2) is 16.6 Å². The zero-order valence-corrected chi connectivity index (χ0v) is 11.2. The average Bonchev–Trinajstić information content (AvgIpc) is 2.23. The standard InChI is InChI=1S/C11H10BrF3O3/c1-6-3-7(12)4-8(9(6)10(16)17-2)18-5-11(13,14)15/h3-4H,5H2,1-2H3. The van der Waals surface area contributed by atoms with E-state index in [0.717, 1.165) is 7.11 Å². The topological polar surface area (TPSA) is 35.5 Å². The summed E-state index contributed by atoms with van der Waals surface area (Å²) in [5, 5.41) is 0. The molecule has 7 heteroatoms. The molecule has 0 aliphatic heterocycles. The SMILES string of the molecule is COC(=O)c1c(C)cc(Br)cc1OCC(F)(F)F. The Balaban J connectivity index is 3.12. The van der Waals surface area contributed by atoms with Crippen LogP contribution < -0.4 is 4.74 Å². The van der Waals surface area contributed by atoms with Gasteiger partial charge >= 0.3 is 12.1 Å². The van der Waals surface area contributed by atoms with Crippen LogP contribution in [-0.4, -0.2) is 25.9 Å². The summed E-state index contributed by atoms with van der Waals surface area (Å²) >= 11 is 3.13. The zero-order valence-electron chi connectivity index (χ0n) is 9.60. The van der Waals surface area contributed by atoms with E-state index < -0.39 is 18.8 Å². The Bertz CT molecular complexity index is 458. The summed E-state index contributed by atoms with van der Waals surface area (Å²) < 4.78 is 46.0. The first-order valence-electron chi connectivity index (χ1n) is 4.82. The summed E-state index contributed by atoms with van der Waals surface area (Å²) in [5.74, 6) is -0.900. The fourth-order valence-corrected chi connectivity index (χ4v) is 1.90. The van der Waals surface area contributed by atoms with E-state index in [9.17, 15) is 18.0 Å². The number of benzene rings is 1. The second kappa shape index (κ2) is 5.60. The molecule has 0 saturated heterocycles. The van der Waals surface area contributed by atoms with Crippen LogP contribution in [0.4, 0.5) is 13.2 Å². The lowest BCUT2D eigenvalue weighted by molar-refractivity contribution is -0.153. The van der Waals surface area contributed by atoms with E-state index in [2.05, 4.69) is 25.4 Å². The van der Waals surface area contributed by atoms with Gasteiger partial charge in [0.25, 0.3) is 0 Å². The summed E-state index contributed by atoms with van der Waals surface area (Å²) in [6.45, 7) is 0.115. The van der Waals surface area contributed by atoms with Crippen molar-refractivity contribution in [2.45, 2.75) is 13.1 Å². The van der Waals surface area contributed by atoms with Gasteiger partial charge in [0, 0.05) is 4.47 Å². The molecule has 0 spiro atoms. The molecule has 3 nitrogen and oxygen atoms in total. The van der Waals surface area contributed by atoms with Gasteiger partial charge in [0.15, 0.2) is 6.61 Å². The molecule has 0 heterocycles. The molecule has 0 bridgehead atoms. The monoisotopic (exact) mass is 326 g/mol. The van der Waals surface area contributed by atoms with Crippen LogP contribution in [0.5, 0.6) is 5.75 Å². The summed E-state index contributed by atoms with van der Waals surface area (Å²) in [5.41, 5.74) is 0.457. The van der Waals surface area contributed by atoms with Gasteiger partial charge < -0.3 is 9.47 Å². The number of ether oxygens (including phenoxy) is 2. The number of alkyl halides is 3. The number of esters is 1. The first-order chi connectivity index (χ1) is 8.24. The third-order valence-electron chi connectivity index (χ3n) is 2.04. The zero-order chi connectivity index (χ0) is 13.9. The van der Waals surface area contributed by atoms with Crippen molar-refractivity contribution in [1.29, 1.82) is 0 Å². The van der Waals surface area contributed by atoms with Crippen molar-refractivity contribution in [2.24, 2.45) is 0 Å². The summed E-state index contributed by atoms with van der Waals surface area (Å²) in [6, 6.07) is 2.89.